The number of hydrogen-bond donors (Lipinski definition) is 0. The molecule has 1 aliphatic heterocycles. The van der Waals surface area contributed by atoms with Crippen LogP contribution in [0, 0.1) is 0 Å². The van der Waals surface area contributed by atoms with Crippen LogP contribution in [0.25, 0.3) is 0 Å². The SMILES string of the molecule is COc1ccc(C(=O)N(C)CC(=O)N2N=C(c3cccs3)C[C@@H]2c2ccc(OC)cc2)cc1. The molecule has 3 aromatic rings. The molecule has 8 heteroatoms. The first-order valence-electron chi connectivity index (χ1n) is 10.5. The first-order chi connectivity index (χ1) is 16.0. The number of carbonyl (C=O) groups is 2. The van der Waals surface area contributed by atoms with Crippen molar-refractivity contribution in [2.75, 3.05) is 27.8 Å². The zero-order valence-electron chi connectivity index (χ0n) is 18.7. The fourth-order valence-electron chi connectivity index (χ4n) is 3.72. The van der Waals surface area contributed by atoms with Gasteiger partial charge in [0.05, 0.1) is 30.9 Å². The van der Waals surface area contributed by atoms with E-state index < -0.39 is 0 Å². The Labute approximate surface area is 196 Å². The predicted octanol–water partition coefficient (Wildman–Crippen LogP) is 4.22. The summed E-state index contributed by atoms with van der Waals surface area (Å²) in [6.07, 6.45) is 0.606. The Kier molecular flexibility index (Phi) is 6.74. The maximum atomic E-state index is 13.3. The molecule has 0 fully saturated rings. The summed E-state index contributed by atoms with van der Waals surface area (Å²) < 4.78 is 10.4. The zero-order valence-corrected chi connectivity index (χ0v) is 19.5. The Balaban J connectivity index is 1.54. The maximum absolute atomic E-state index is 13.3. The van der Waals surface area contributed by atoms with Crippen LogP contribution in [0.1, 0.15) is 33.3 Å². The quantitative estimate of drug-likeness (QED) is 0.526. The van der Waals surface area contributed by atoms with Crippen molar-refractivity contribution in [1.82, 2.24) is 9.91 Å². The number of carbonyl (C=O) groups excluding carboxylic acids is 2. The number of nitrogens with zero attached hydrogens (tertiary/aromatic N) is 3. The highest BCUT2D eigenvalue weighted by Crippen LogP contribution is 2.34. The van der Waals surface area contributed by atoms with Gasteiger partial charge >= 0.3 is 0 Å². The lowest BCUT2D eigenvalue weighted by atomic mass is 10.0. The van der Waals surface area contributed by atoms with E-state index in [4.69, 9.17) is 9.47 Å². The Morgan fingerprint density at radius 3 is 2.24 bits per heavy atom. The number of hydrazone groups is 1. The van der Waals surface area contributed by atoms with Gasteiger partial charge in [0.15, 0.2) is 0 Å². The lowest BCUT2D eigenvalue weighted by molar-refractivity contribution is -0.133. The van der Waals surface area contributed by atoms with Crippen LogP contribution < -0.4 is 9.47 Å². The van der Waals surface area contributed by atoms with Gasteiger partial charge in [-0.25, -0.2) is 5.01 Å². The van der Waals surface area contributed by atoms with Gasteiger partial charge in [-0.3, -0.25) is 9.59 Å². The van der Waals surface area contributed by atoms with E-state index in [0.29, 0.717) is 17.7 Å². The standard InChI is InChI=1S/C25H25N3O4S/c1-27(25(30)18-8-12-20(32-3)13-9-18)16-24(29)28-22(17-6-10-19(31-2)11-7-17)15-21(26-28)23-5-4-14-33-23/h4-14,22H,15-16H2,1-3H3/t22-/m1/s1. The highest BCUT2D eigenvalue weighted by Gasteiger charge is 2.34. The largest absolute Gasteiger partial charge is 0.497 e. The summed E-state index contributed by atoms with van der Waals surface area (Å²) in [5.74, 6) is 0.930. The van der Waals surface area contributed by atoms with Gasteiger partial charge in [0.1, 0.15) is 18.0 Å². The van der Waals surface area contributed by atoms with Crippen LogP contribution in [-0.4, -0.2) is 55.2 Å². The second-order valence-electron chi connectivity index (χ2n) is 7.65. The topological polar surface area (TPSA) is 71.4 Å². The molecule has 7 nitrogen and oxygen atoms in total. The van der Waals surface area contributed by atoms with Crippen molar-refractivity contribution in [3.63, 3.8) is 0 Å². The fraction of sp³-hybridized carbons (Fsp3) is 0.240. The van der Waals surface area contributed by atoms with Crippen molar-refractivity contribution in [3.8, 4) is 11.5 Å². The molecule has 1 aliphatic rings. The number of likely N-dealkylation sites (N-methyl/N-ethyl adjacent to an activating group) is 1. The molecule has 0 radical (unpaired) electrons. The second kappa shape index (κ2) is 9.87. The molecule has 0 aliphatic carbocycles. The molecule has 1 atom stereocenters. The third-order valence-electron chi connectivity index (χ3n) is 5.53. The summed E-state index contributed by atoms with van der Waals surface area (Å²) in [6.45, 7) is -0.0846. The van der Waals surface area contributed by atoms with E-state index in [1.807, 2.05) is 41.8 Å². The third-order valence-corrected chi connectivity index (χ3v) is 6.45. The van der Waals surface area contributed by atoms with Crippen molar-refractivity contribution in [2.45, 2.75) is 12.5 Å². The maximum Gasteiger partial charge on any atom is 0.262 e. The highest BCUT2D eigenvalue weighted by atomic mass is 32.1. The fourth-order valence-corrected chi connectivity index (χ4v) is 4.44. The van der Waals surface area contributed by atoms with Crippen LogP contribution in [0.3, 0.4) is 0 Å². The molecule has 2 heterocycles. The second-order valence-corrected chi connectivity index (χ2v) is 8.59. The minimum atomic E-state index is -0.245. The highest BCUT2D eigenvalue weighted by molar-refractivity contribution is 7.12. The minimum Gasteiger partial charge on any atom is -0.497 e. The number of hydrogen-bond acceptors (Lipinski definition) is 6. The third kappa shape index (κ3) is 4.90. The summed E-state index contributed by atoms with van der Waals surface area (Å²) in [4.78, 5) is 28.6. The number of thiophene rings is 1. The molecule has 0 bridgehead atoms. The Bertz CT molecular complexity index is 1140. The van der Waals surface area contributed by atoms with E-state index in [1.165, 1.54) is 9.91 Å². The van der Waals surface area contributed by atoms with Crippen molar-refractivity contribution in [1.29, 1.82) is 0 Å². The lowest BCUT2D eigenvalue weighted by Gasteiger charge is -2.25. The van der Waals surface area contributed by atoms with Gasteiger partial charge in [-0.05, 0) is 53.4 Å². The first kappa shape index (κ1) is 22.5. The van der Waals surface area contributed by atoms with Crippen LogP contribution in [-0.2, 0) is 4.79 Å². The van der Waals surface area contributed by atoms with E-state index in [2.05, 4.69) is 5.10 Å². The molecule has 1 aromatic heterocycles. The lowest BCUT2D eigenvalue weighted by Crippen LogP contribution is -2.39. The van der Waals surface area contributed by atoms with E-state index in [-0.39, 0.29) is 24.4 Å². The molecular weight excluding hydrogens is 438 g/mol. The normalized spacial score (nSPS) is 15.2. The van der Waals surface area contributed by atoms with Crippen molar-refractivity contribution < 1.29 is 19.1 Å². The monoisotopic (exact) mass is 463 g/mol. The van der Waals surface area contributed by atoms with Crippen LogP contribution in [0.4, 0.5) is 0 Å². The smallest absolute Gasteiger partial charge is 0.262 e. The average Bonchev–Trinajstić information content (AvgIpc) is 3.54. The van der Waals surface area contributed by atoms with Gasteiger partial charge < -0.3 is 14.4 Å². The van der Waals surface area contributed by atoms with Gasteiger partial charge in [0, 0.05) is 19.0 Å². The van der Waals surface area contributed by atoms with Crippen LogP contribution in [0.2, 0.25) is 0 Å². The Morgan fingerprint density at radius 1 is 1.03 bits per heavy atom. The summed E-state index contributed by atoms with van der Waals surface area (Å²) >= 11 is 1.59. The number of rotatable bonds is 7. The van der Waals surface area contributed by atoms with Gasteiger partial charge in [0.25, 0.3) is 11.8 Å². The molecule has 0 saturated carbocycles. The van der Waals surface area contributed by atoms with E-state index in [9.17, 15) is 9.59 Å². The Morgan fingerprint density at radius 2 is 1.67 bits per heavy atom. The summed E-state index contributed by atoms with van der Waals surface area (Å²) in [6, 6.07) is 18.2. The minimum absolute atomic E-state index is 0.0846. The molecule has 4 rings (SSSR count). The van der Waals surface area contributed by atoms with E-state index >= 15 is 0 Å². The molecule has 0 unspecified atom stereocenters. The molecule has 0 spiro atoms. The average molecular weight is 464 g/mol. The molecule has 2 aromatic carbocycles. The summed E-state index contributed by atoms with van der Waals surface area (Å²) in [5.41, 5.74) is 2.31. The van der Waals surface area contributed by atoms with Crippen LogP contribution in [0.15, 0.2) is 71.1 Å². The number of amides is 2. The molecule has 0 N–H and O–H groups in total. The Hall–Kier alpha value is -3.65. The van der Waals surface area contributed by atoms with Crippen LogP contribution >= 0.6 is 11.3 Å². The van der Waals surface area contributed by atoms with Crippen molar-refractivity contribution in [2.24, 2.45) is 5.10 Å². The summed E-state index contributed by atoms with van der Waals surface area (Å²) in [5, 5.41) is 8.16. The van der Waals surface area contributed by atoms with Crippen molar-refractivity contribution >= 4 is 28.9 Å². The molecule has 2 amide bonds. The zero-order chi connectivity index (χ0) is 23.4. The van der Waals surface area contributed by atoms with Gasteiger partial charge in [-0.2, -0.15) is 5.10 Å². The number of benzene rings is 2. The molecule has 170 valence electrons. The predicted molar refractivity (Wildman–Crippen MR) is 128 cm³/mol. The van der Waals surface area contributed by atoms with E-state index in [0.717, 1.165) is 21.9 Å². The van der Waals surface area contributed by atoms with Crippen molar-refractivity contribution in [3.05, 3.63) is 82.0 Å². The first-order valence-corrected chi connectivity index (χ1v) is 11.3. The molecule has 33 heavy (non-hydrogen) atoms. The summed E-state index contributed by atoms with van der Waals surface area (Å²) in [7, 11) is 4.81. The van der Waals surface area contributed by atoms with Crippen LogP contribution in [0.5, 0.6) is 11.5 Å². The van der Waals surface area contributed by atoms with Gasteiger partial charge in [-0.1, -0.05) is 18.2 Å². The van der Waals surface area contributed by atoms with Gasteiger partial charge in [0.2, 0.25) is 0 Å². The molecular formula is C25H25N3O4S. The van der Waals surface area contributed by atoms with Gasteiger partial charge in [-0.15, -0.1) is 11.3 Å². The number of methoxy groups -OCH3 is 2. The number of ether oxygens (including phenoxy) is 2. The molecule has 0 saturated heterocycles. The van der Waals surface area contributed by atoms with E-state index in [1.54, 1.807) is 56.9 Å².